The van der Waals surface area contributed by atoms with Crippen LogP contribution in [0.25, 0.3) is 0 Å². The molecule has 3 nitrogen and oxygen atoms in total. The molecule has 3 heteroatoms. The SMILES string of the molecule is CCC(OC)C(N)c1cc(C)c(OC)cc1C. The standard InChI is InChI=1S/C14H23NO2/c1-6-12(16-4)14(15)11-7-10(3)13(17-5)8-9(11)2/h7-8,12,14H,6,15H2,1-5H3. The van der Waals surface area contributed by atoms with E-state index in [2.05, 4.69) is 19.9 Å². The maximum atomic E-state index is 6.26. The fourth-order valence-electron chi connectivity index (χ4n) is 2.16. The van der Waals surface area contributed by atoms with E-state index in [0.717, 1.165) is 28.9 Å². The number of hydrogen-bond acceptors (Lipinski definition) is 3. The van der Waals surface area contributed by atoms with Gasteiger partial charge in [0, 0.05) is 7.11 Å². The van der Waals surface area contributed by atoms with Gasteiger partial charge in [0.1, 0.15) is 5.75 Å². The maximum Gasteiger partial charge on any atom is 0.122 e. The summed E-state index contributed by atoms with van der Waals surface area (Å²) in [6.07, 6.45) is 0.962. The first kappa shape index (κ1) is 14.0. The summed E-state index contributed by atoms with van der Waals surface area (Å²) in [5.41, 5.74) is 9.65. The van der Waals surface area contributed by atoms with Gasteiger partial charge in [0.15, 0.2) is 0 Å². The van der Waals surface area contributed by atoms with E-state index in [0.29, 0.717) is 0 Å². The van der Waals surface area contributed by atoms with E-state index in [1.807, 2.05) is 13.0 Å². The number of aryl methyl sites for hydroxylation is 2. The average molecular weight is 237 g/mol. The smallest absolute Gasteiger partial charge is 0.122 e. The van der Waals surface area contributed by atoms with Crippen molar-refractivity contribution in [3.05, 3.63) is 28.8 Å². The Morgan fingerprint density at radius 1 is 1.18 bits per heavy atom. The van der Waals surface area contributed by atoms with Gasteiger partial charge >= 0.3 is 0 Å². The van der Waals surface area contributed by atoms with Crippen molar-refractivity contribution in [3.8, 4) is 5.75 Å². The third-order valence-electron chi connectivity index (χ3n) is 3.25. The van der Waals surface area contributed by atoms with Crippen LogP contribution in [0.3, 0.4) is 0 Å². The summed E-state index contributed by atoms with van der Waals surface area (Å²) in [4.78, 5) is 0. The van der Waals surface area contributed by atoms with Gasteiger partial charge < -0.3 is 15.2 Å². The summed E-state index contributed by atoms with van der Waals surface area (Å²) in [5.74, 6) is 0.906. The molecule has 2 unspecified atom stereocenters. The third kappa shape index (κ3) is 2.99. The van der Waals surface area contributed by atoms with Crippen molar-refractivity contribution < 1.29 is 9.47 Å². The second-order valence-electron chi connectivity index (χ2n) is 4.39. The highest BCUT2D eigenvalue weighted by Crippen LogP contribution is 2.28. The molecule has 0 aromatic heterocycles. The molecule has 0 spiro atoms. The van der Waals surface area contributed by atoms with E-state index in [1.165, 1.54) is 0 Å². The normalized spacial score (nSPS) is 14.5. The molecule has 17 heavy (non-hydrogen) atoms. The monoisotopic (exact) mass is 237 g/mol. The predicted octanol–water partition coefficient (Wildman–Crippen LogP) is 2.74. The minimum atomic E-state index is -0.0883. The highest BCUT2D eigenvalue weighted by atomic mass is 16.5. The maximum absolute atomic E-state index is 6.26. The zero-order valence-electron chi connectivity index (χ0n) is 11.4. The Morgan fingerprint density at radius 2 is 1.82 bits per heavy atom. The van der Waals surface area contributed by atoms with Gasteiger partial charge in [0.2, 0.25) is 0 Å². The number of ether oxygens (including phenoxy) is 2. The van der Waals surface area contributed by atoms with Crippen LogP contribution in [0.1, 0.15) is 36.1 Å². The van der Waals surface area contributed by atoms with E-state index < -0.39 is 0 Å². The number of rotatable bonds is 5. The van der Waals surface area contributed by atoms with Gasteiger partial charge in [-0.05, 0) is 43.0 Å². The van der Waals surface area contributed by atoms with Gasteiger partial charge in [-0.15, -0.1) is 0 Å². The van der Waals surface area contributed by atoms with E-state index in [-0.39, 0.29) is 12.1 Å². The highest BCUT2D eigenvalue weighted by molar-refractivity contribution is 5.43. The molecule has 2 N–H and O–H groups in total. The van der Waals surface area contributed by atoms with Crippen molar-refractivity contribution >= 4 is 0 Å². The Kier molecular flexibility index (Phi) is 4.97. The molecule has 0 bridgehead atoms. The van der Waals surface area contributed by atoms with E-state index in [9.17, 15) is 0 Å². The first-order valence-electron chi connectivity index (χ1n) is 5.98. The molecule has 1 aromatic rings. The summed E-state index contributed by atoms with van der Waals surface area (Å²) >= 11 is 0. The molecule has 1 aromatic carbocycles. The molecule has 1 rings (SSSR count). The molecule has 0 saturated carbocycles. The van der Waals surface area contributed by atoms with Crippen molar-refractivity contribution in [1.29, 1.82) is 0 Å². The van der Waals surface area contributed by atoms with Crippen molar-refractivity contribution in [2.45, 2.75) is 39.3 Å². The van der Waals surface area contributed by atoms with Gasteiger partial charge in [-0.3, -0.25) is 0 Å². The number of nitrogens with two attached hydrogens (primary N) is 1. The van der Waals surface area contributed by atoms with Gasteiger partial charge in [-0.1, -0.05) is 13.0 Å². The molecular weight excluding hydrogens is 214 g/mol. The summed E-state index contributed by atoms with van der Waals surface area (Å²) in [6, 6.07) is 4.04. The zero-order chi connectivity index (χ0) is 13.0. The van der Waals surface area contributed by atoms with E-state index >= 15 is 0 Å². The second-order valence-corrected chi connectivity index (χ2v) is 4.39. The zero-order valence-corrected chi connectivity index (χ0v) is 11.4. The lowest BCUT2D eigenvalue weighted by Gasteiger charge is -2.24. The largest absolute Gasteiger partial charge is 0.496 e. The molecule has 96 valence electrons. The fourth-order valence-corrected chi connectivity index (χ4v) is 2.16. The first-order chi connectivity index (χ1) is 8.04. The Morgan fingerprint density at radius 3 is 2.29 bits per heavy atom. The molecular formula is C14H23NO2. The van der Waals surface area contributed by atoms with Crippen molar-refractivity contribution in [2.75, 3.05) is 14.2 Å². The Bertz CT molecular complexity index is 373. The second kappa shape index (κ2) is 6.03. The van der Waals surface area contributed by atoms with Crippen LogP contribution in [-0.4, -0.2) is 20.3 Å². The minimum absolute atomic E-state index is 0.0569. The predicted molar refractivity (Wildman–Crippen MR) is 70.5 cm³/mol. The molecule has 0 aliphatic heterocycles. The average Bonchev–Trinajstić information content (AvgIpc) is 2.32. The topological polar surface area (TPSA) is 44.5 Å². The Balaban J connectivity index is 3.09. The summed E-state index contributed by atoms with van der Waals surface area (Å²) in [7, 11) is 3.39. The van der Waals surface area contributed by atoms with Gasteiger partial charge in [-0.25, -0.2) is 0 Å². The lowest BCUT2D eigenvalue weighted by molar-refractivity contribution is 0.0770. The summed E-state index contributed by atoms with van der Waals surface area (Å²) in [6.45, 7) is 6.17. The number of hydrogen-bond donors (Lipinski definition) is 1. The van der Waals surface area contributed by atoms with Gasteiger partial charge in [0.25, 0.3) is 0 Å². The van der Waals surface area contributed by atoms with Crippen molar-refractivity contribution in [1.82, 2.24) is 0 Å². The Hall–Kier alpha value is -1.06. The van der Waals surface area contributed by atoms with Crippen LogP contribution in [0, 0.1) is 13.8 Å². The van der Waals surface area contributed by atoms with E-state index in [1.54, 1.807) is 14.2 Å². The van der Waals surface area contributed by atoms with Crippen LogP contribution in [0.2, 0.25) is 0 Å². The molecule has 0 radical (unpaired) electrons. The summed E-state index contributed by atoms with van der Waals surface area (Å²) in [5, 5.41) is 0. The van der Waals surface area contributed by atoms with E-state index in [4.69, 9.17) is 15.2 Å². The quantitative estimate of drug-likeness (QED) is 0.856. The lowest BCUT2D eigenvalue weighted by Crippen LogP contribution is -2.28. The highest BCUT2D eigenvalue weighted by Gasteiger charge is 2.20. The molecule has 2 atom stereocenters. The van der Waals surface area contributed by atoms with Crippen LogP contribution in [0.4, 0.5) is 0 Å². The van der Waals surface area contributed by atoms with Crippen LogP contribution in [0.5, 0.6) is 5.75 Å². The Labute approximate surface area is 104 Å². The molecule has 0 fully saturated rings. The molecule has 0 aliphatic rings. The minimum Gasteiger partial charge on any atom is -0.496 e. The third-order valence-corrected chi connectivity index (χ3v) is 3.25. The first-order valence-corrected chi connectivity index (χ1v) is 5.98. The van der Waals surface area contributed by atoms with Crippen LogP contribution < -0.4 is 10.5 Å². The van der Waals surface area contributed by atoms with Gasteiger partial charge in [-0.2, -0.15) is 0 Å². The molecule has 0 aliphatic carbocycles. The molecule has 0 saturated heterocycles. The fraction of sp³-hybridized carbons (Fsp3) is 0.571. The van der Waals surface area contributed by atoms with Crippen LogP contribution >= 0.6 is 0 Å². The van der Waals surface area contributed by atoms with Crippen LogP contribution in [0.15, 0.2) is 12.1 Å². The number of benzene rings is 1. The molecule has 0 amide bonds. The van der Waals surface area contributed by atoms with Crippen molar-refractivity contribution in [3.63, 3.8) is 0 Å². The lowest BCUT2D eigenvalue weighted by atomic mass is 9.94. The molecule has 0 heterocycles. The van der Waals surface area contributed by atoms with Crippen LogP contribution in [-0.2, 0) is 4.74 Å². The van der Waals surface area contributed by atoms with Crippen molar-refractivity contribution in [2.24, 2.45) is 5.73 Å². The van der Waals surface area contributed by atoms with Gasteiger partial charge in [0.05, 0.1) is 19.3 Å². The summed E-state index contributed by atoms with van der Waals surface area (Å²) < 4.78 is 10.7. The number of methoxy groups -OCH3 is 2.